The molecule has 1 heterocycles. The molecule has 0 bridgehead atoms. The van der Waals surface area contributed by atoms with Crippen LogP contribution >= 0.6 is 24.0 Å². The maximum absolute atomic E-state index is 12.5. The van der Waals surface area contributed by atoms with Crippen molar-refractivity contribution in [1.82, 2.24) is 10.4 Å². The Morgan fingerprint density at radius 2 is 1.69 bits per heavy atom. The molecule has 2 aromatic carbocycles. The Bertz CT molecular complexity index is 919. The van der Waals surface area contributed by atoms with Gasteiger partial charge in [-0.05, 0) is 42.9 Å². The van der Waals surface area contributed by atoms with Crippen molar-refractivity contribution in [2.75, 3.05) is 0 Å². The van der Waals surface area contributed by atoms with Crippen molar-refractivity contribution in [3.05, 3.63) is 75.7 Å². The summed E-state index contributed by atoms with van der Waals surface area (Å²) in [6, 6.07) is 13.8. The molecule has 130 valence electrons. The summed E-state index contributed by atoms with van der Waals surface area (Å²) in [6.07, 6.45) is 2.43. The molecule has 2 amide bonds. The number of rotatable bonds is 4. The summed E-state index contributed by atoms with van der Waals surface area (Å²) >= 11 is 6.32. The second kappa shape index (κ2) is 7.63. The van der Waals surface area contributed by atoms with Crippen molar-refractivity contribution in [3.8, 4) is 0 Å². The fraction of sp³-hybridized carbons (Fsp3) is 0.0526. The third-order valence-corrected chi connectivity index (χ3v) is 4.99. The lowest BCUT2D eigenvalue weighted by molar-refractivity contribution is -0.123. The third kappa shape index (κ3) is 3.89. The monoisotopic (exact) mass is 382 g/mol. The number of aryl methyl sites for hydroxylation is 1. The topological polar surface area (TPSA) is 66.5 Å². The van der Waals surface area contributed by atoms with Crippen LogP contribution in [0.5, 0.6) is 0 Å². The number of amides is 2. The average molecular weight is 382 g/mol. The lowest BCUT2D eigenvalue weighted by Gasteiger charge is -2.15. The number of hydrogen-bond donors (Lipinski definition) is 1. The number of carbonyl (C=O) groups excluding carboxylic acids is 3. The van der Waals surface area contributed by atoms with E-state index >= 15 is 0 Å². The predicted molar refractivity (Wildman–Crippen MR) is 105 cm³/mol. The van der Waals surface area contributed by atoms with Gasteiger partial charge in [0.1, 0.15) is 6.29 Å². The van der Waals surface area contributed by atoms with Gasteiger partial charge in [-0.15, -0.1) is 0 Å². The Hall–Kier alpha value is -2.77. The number of benzene rings is 2. The predicted octanol–water partition coefficient (Wildman–Crippen LogP) is 3.35. The molecule has 1 fully saturated rings. The number of hydrogen-bond acceptors (Lipinski definition) is 5. The Kier molecular flexibility index (Phi) is 5.29. The summed E-state index contributed by atoms with van der Waals surface area (Å²) in [7, 11) is 0. The molecule has 0 aromatic heterocycles. The van der Waals surface area contributed by atoms with Crippen molar-refractivity contribution in [2.45, 2.75) is 6.92 Å². The summed E-state index contributed by atoms with van der Waals surface area (Å²) in [4.78, 5) is 36.0. The fourth-order valence-corrected chi connectivity index (χ4v) is 3.44. The van der Waals surface area contributed by atoms with Gasteiger partial charge in [-0.1, -0.05) is 53.7 Å². The zero-order valence-corrected chi connectivity index (χ0v) is 15.4. The second-order valence-electron chi connectivity index (χ2n) is 5.61. The zero-order chi connectivity index (χ0) is 18.7. The first-order valence-electron chi connectivity index (χ1n) is 7.69. The normalized spacial score (nSPS) is 15.4. The molecule has 1 aliphatic heterocycles. The van der Waals surface area contributed by atoms with Gasteiger partial charge in [-0.2, -0.15) is 5.01 Å². The molecule has 0 unspecified atom stereocenters. The molecule has 7 heteroatoms. The number of thioether (sulfide) groups is 1. The van der Waals surface area contributed by atoms with Gasteiger partial charge in [0.2, 0.25) is 0 Å². The number of aldehydes is 1. The largest absolute Gasteiger partial charge is 0.298 e. The van der Waals surface area contributed by atoms with Crippen molar-refractivity contribution in [1.29, 1.82) is 0 Å². The van der Waals surface area contributed by atoms with Crippen LogP contribution in [-0.4, -0.2) is 27.4 Å². The van der Waals surface area contributed by atoms with Crippen LogP contribution in [0.1, 0.15) is 31.8 Å². The highest BCUT2D eigenvalue weighted by Gasteiger charge is 2.33. The molecule has 2 aromatic rings. The standard InChI is InChI=1S/C19H14N2O3S2/c1-12-2-8-15(9-3-12)17(23)20-21-18(24)16(26-19(21)25)10-13-4-6-14(11-22)7-5-13/h2-11H,1H3,(H,20,23). The minimum atomic E-state index is -0.405. The van der Waals surface area contributed by atoms with Crippen molar-refractivity contribution in [3.63, 3.8) is 0 Å². The van der Waals surface area contributed by atoms with E-state index < -0.39 is 5.91 Å². The molecule has 26 heavy (non-hydrogen) atoms. The number of thiocarbonyl (C=S) groups is 1. The summed E-state index contributed by atoms with van der Waals surface area (Å²) in [5.41, 5.74) is 5.34. The van der Waals surface area contributed by atoms with E-state index in [0.29, 0.717) is 16.0 Å². The SMILES string of the molecule is Cc1ccc(C(=O)NN2C(=O)C(=Cc3ccc(C=O)cc3)SC2=S)cc1. The molecule has 5 nitrogen and oxygen atoms in total. The zero-order valence-electron chi connectivity index (χ0n) is 13.8. The van der Waals surface area contributed by atoms with E-state index in [9.17, 15) is 14.4 Å². The van der Waals surface area contributed by atoms with Crippen LogP contribution < -0.4 is 5.43 Å². The molecule has 0 saturated carbocycles. The highest BCUT2D eigenvalue weighted by Crippen LogP contribution is 2.31. The van der Waals surface area contributed by atoms with Crippen LogP contribution in [0.3, 0.4) is 0 Å². The minimum Gasteiger partial charge on any atom is -0.298 e. The van der Waals surface area contributed by atoms with E-state index in [-0.39, 0.29) is 10.2 Å². The van der Waals surface area contributed by atoms with Crippen molar-refractivity contribution in [2.24, 2.45) is 0 Å². The van der Waals surface area contributed by atoms with E-state index in [4.69, 9.17) is 12.2 Å². The lowest BCUT2D eigenvalue weighted by atomic mass is 10.1. The van der Waals surface area contributed by atoms with Gasteiger partial charge in [-0.3, -0.25) is 19.8 Å². The molecule has 1 aliphatic rings. The van der Waals surface area contributed by atoms with Gasteiger partial charge in [0.25, 0.3) is 11.8 Å². The molecule has 0 aliphatic carbocycles. The summed E-state index contributed by atoms with van der Waals surface area (Å²) < 4.78 is 0.256. The van der Waals surface area contributed by atoms with Crippen molar-refractivity contribution < 1.29 is 14.4 Å². The molecule has 0 spiro atoms. The summed E-state index contributed by atoms with van der Waals surface area (Å²) in [5, 5.41) is 1.08. The average Bonchev–Trinajstić information content (AvgIpc) is 2.90. The fourth-order valence-electron chi connectivity index (χ4n) is 2.26. The van der Waals surface area contributed by atoms with Gasteiger partial charge >= 0.3 is 0 Å². The molecular weight excluding hydrogens is 368 g/mol. The molecule has 1 N–H and O–H groups in total. The van der Waals surface area contributed by atoms with Crippen LogP contribution in [0.25, 0.3) is 6.08 Å². The van der Waals surface area contributed by atoms with E-state index in [1.807, 2.05) is 19.1 Å². The lowest BCUT2D eigenvalue weighted by Crippen LogP contribution is -2.44. The highest BCUT2D eigenvalue weighted by molar-refractivity contribution is 8.26. The maximum Gasteiger partial charge on any atom is 0.285 e. The first-order chi connectivity index (χ1) is 12.5. The first kappa shape index (κ1) is 18.0. The van der Waals surface area contributed by atoms with Gasteiger partial charge < -0.3 is 0 Å². The van der Waals surface area contributed by atoms with Crippen LogP contribution in [0.15, 0.2) is 53.4 Å². The number of nitrogens with zero attached hydrogens (tertiary/aromatic N) is 1. The van der Waals surface area contributed by atoms with Crippen molar-refractivity contribution >= 4 is 52.5 Å². The molecule has 1 saturated heterocycles. The highest BCUT2D eigenvalue weighted by atomic mass is 32.2. The number of hydrazine groups is 1. The summed E-state index contributed by atoms with van der Waals surface area (Å²) in [6.45, 7) is 1.93. The van der Waals surface area contributed by atoms with E-state index in [1.54, 1.807) is 42.5 Å². The first-order valence-corrected chi connectivity index (χ1v) is 8.91. The molecule has 0 radical (unpaired) electrons. The number of nitrogens with one attached hydrogen (secondary N) is 1. The number of carbonyl (C=O) groups is 3. The van der Waals surface area contributed by atoms with Gasteiger partial charge in [0.05, 0.1) is 4.91 Å². The van der Waals surface area contributed by atoms with Gasteiger partial charge in [0, 0.05) is 11.1 Å². The minimum absolute atomic E-state index is 0.256. The van der Waals surface area contributed by atoms with E-state index in [1.165, 1.54) is 0 Å². The molecular formula is C19H14N2O3S2. The Balaban J connectivity index is 1.75. The van der Waals surface area contributed by atoms with Crippen LogP contribution in [-0.2, 0) is 4.79 Å². The van der Waals surface area contributed by atoms with Crippen LogP contribution in [0.2, 0.25) is 0 Å². The summed E-state index contributed by atoms with van der Waals surface area (Å²) in [5.74, 6) is -0.794. The van der Waals surface area contributed by atoms with Crippen LogP contribution in [0.4, 0.5) is 0 Å². The second-order valence-corrected chi connectivity index (χ2v) is 7.28. The Labute approximate surface area is 160 Å². The Morgan fingerprint density at radius 3 is 2.31 bits per heavy atom. The quantitative estimate of drug-likeness (QED) is 0.499. The molecule has 0 atom stereocenters. The van der Waals surface area contributed by atoms with Gasteiger partial charge in [-0.25, -0.2) is 0 Å². The van der Waals surface area contributed by atoms with E-state index in [2.05, 4.69) is 5.43 Å². The van der Waals surface area contributed by atoms with Gasteiger partial charge in [0.15, 0.2) is 4.32 Å². The Morgan fingerprint density at radius 1 is 1.08 bits per heavy atom. The van der Waals surface area contributed by atoms with Crippen LogP contribution in [0, 0.1) is 6.92 Å². The third-order valence-electron chi connectivity index (χ3n) is 3.69. The maximum atomic E-state index is 12.5. The smallest absolute Gasteiger partial charge is 0.285 e. The molecule has 3 rings (SSSR count). The van der Waals surface area contributed by atoms with E-state index in [0.717, 1.165) is 34.2 Å².